The lowest BCUT2D eigenvalue weighted by Crippen LogP contribution is -2.41. The lowest BCUT2D eigenvalue weighted by Gasteiger charge is -2.32. The van der Waals surface area contributed by atoms with Gasteiger partial charge in [-0.3, -0.25) is 9.36 Å². The van der Waals surface area contributed by atoms with Crippen molar-refractivity contribution < 1.29 is 32.0 Å². The van der Waals surface area contributed by atoms with Gasteiger partial charge in [0.05, 0.1) is 46.9 Å². The molecule has 0 aliphatic carbocycles. The molecule has 1 aliphatic heterocycles. The van der Waals surface area contributed by atoms with Gasteiger partial charge in [-0.25, -0.2) is 4.98 Å². The molecule has 4 rings (SSSR count). The molecule has 0 radical (unpaired) electrons. The Bertz CT molecular complexity index is 1540. The standard InChI is InChI=1S/C25H25BClF3N4O5/c1-13-32-18-10-15(25(28,29)30)9-14(12-31)19(18)22(35)34(13)7-8-37-20-16(11-17(27)21(33-20)36-6)26-38-23(2,3)24(4,5)39-26/h9-11H,7-8H2,1-6H3. The molecule has 1 aromatic carbocycles. The van der Waals surface area contributed by atoms with Crippen molar-refractivity contribution >= 4 is 35.1 Å². The first kappa shape index (κ1) is 28.7. The second kappa shape index (κ2) is 10.0. The summed E-state index contributed by atoms with van der Waals surface area (Å²) in [7, 11) is 0.543. The summed E-state index contributed by atoms with van der Waals surface area (Å²) in [5.41, 5.74) is -3.24. The van der Waals surface area contributed by atoms with E-state index in [-0.39, 0.29) is 46.7 Å². The fourth-order valence-corrected chi connectivity index (χ4v) is 4.31. The van der Waals surface area contributed by atoms with E-state index in [1.807, 2.05) is 27.7 Å². The minimum atomic E-state index is -4.69. The van der Waals surface area contributed by atoms with Gasteiger partial charge in [0.15, 0.2) is 0 Å². The van der Waals surface area contributed by atoms with Crippen LogP contribution in [0.25, 0.3) is 10.9 Å². The second-order valence-electron chi connectivity index (χ2n) is 9.95. The van der Waals surface area contributed by atoms with Crippen LogP contribution in [0.5, 0.6) is 11.8 Å². The van der Waals surface area contributed by atoms with Gasteiger partial charge in [0.2, 0.25) is 11.8 Å². The van der Waals surface area contributed by atoms with Crippen molar-refractivity contribution in [1.29, 1.82) is 5.26 Å². The molecule has 14 heteroatoms. The Balaban J connectivity index is 1.67. The van der Waals surface area contributed by atoms with Crippen LogP contribution in [0.1, 0.15) is 44.6 Å². The number of nitriles is 1. The van der Waals surface area contributed by atoms with E-state index in [0.29, 0.717) is 11.5 Å². The maximum atomic E-state index is 13.3. The Labute approximate surface area is 227 Å². The van der Waals surface area contributed by atoms with E-state index in [1.165, 1.54) is 18.6 Å². The SMILES string of the molecule is COc1nc(OCCn2c(C)nc3cc(C(F)(F)F)cc(C#N)c3c2=O)c(B2OC(C)(C)C(C)(C)O2)cc1Cl. The molecule has 1 saturated heterocycles. The van der Waals surface area contributed by atoms with Crippen LogP contribution in [0.15, 0.2) is 23.0 Å². The van der Waals surface area contributed by atoms with Gasteiger partial charge in [-0.05, 0) is 52.8 Å². The molecule has 1 aliphatic rings. The maximum absolute atomic E-state index is 13.3. The van der Waals surface area contributed by atoms with E-state index in [0.717, 1.165) is 6.07 Å². The first-order chi connectivity index (χ1) is 18.1. The average molecular weight is 565 g/mol. The van der Waals surface area contributed by atoms with Crippen LogP contribution in [0.3, 0.4) is 0 Å². The summed E-state index contributed by atoms with van der Waals surface area (Å²) in [6.07, 6.45) is -4.69. The van der Waals surface area contributed by atoms with E-state index in [4.69, 9.17) is 30.4 Å². The van der Waals surface area contributed by atoms with Crippen molar-refractivity contribution in [2.75, 3.05) is 13.7 Å². The number of alkyl halides is 3. The summed E-state index contributed by atoms with van der Waals surface area (Å²) < 4.78 is 64.4. The molecule has 0 N–H and O–H groups in total. The Morgan fingerprint density at radius 2 is 1.77 bits per heavy atom. The lowest BCUT2D eigenvalue weighted by molar-refractivity contribution is -0.137. The number of fused-ring (bicyclic) bond motifs is 1. The number of aryl methyl sites for hydroxylation is 1. The Kier molecular flexibility index (Phi) is 7.35. The van der Waals surface area contributed by atoms with Gasteiger partial charge >= 0.3 is 13.3 Å². The van der Waals surface area contributed by atoms with E-state index >= 15 is 0 Å². The summed E-state index contributed by atoms with van der Waals surface area (Å²) in [4.78, 5) is 21.7. The smallest absolute Gasteiger partial charge is 0.480 e. The summed E-state index contributed by atoms with van der Waals surface area (Å²) in [6, 6.07) is 4.64. The highest BCUT2D eigenvalue weighted by atomic mass is 35.5. The molecule has 0 unspecified atom stereocenters. The van der Waals surface area contributed by atoms with Crippen molar-refractivity contribution in [3.8, 4) is 17.8 Å². The number of hydrogen-bond acceptors (Lipinski definition) is 8. The zero-order valence-corrected chi connectivity index (χ0v) is 22.8. The van der Waals surface area contributed by atoms with Crippen molar-refractivity contribution in [3.63, 3.8) is 0 Å². The molecule has 0 bridgehead atoms. The zero-order valence-electron chi connectivity index (χ0n) is 22.1. The normalized spacial score (nSPS) is 16.4. The topological polar surface area (TPSA) is 108 Å². The van der Waals surface area contributed by atoms with E-state index < -0.39 is 41.2 Å². The minimum Gasteiger partial charge on any atom is -0.480 e. The van der Waals surface area contributed by atoms with E-state index in [1.54, 1.807) is 12.1 Å². The molecule has 3 heterocycles. The summed E-state index contributed by atoms with van der Waals surface area (Å²) in [5, 5.41) is 9.45. The van der Waals surface area contributed by atoms with Crippen molar-refractivity contribution in [1.82, 2.24) is 14.5 Å². The van der Waals surface area contributed by atoms with Crippen LogP contribution in [0.4, 0.5) is 13.2 Å². The predicted molar refractivity (Wildman–Crippen MR) is 137 cm³/mol. The number of hydrogen-bond donors (Lipinski definition) is 0. The number of halogens is 4. The van der Waals surface area contributed by atoms with Crippen LogP contribution >= 0.6 is 11.6 Å². The number of ether oxygens (including phenoxy) is 2. The molecule has 3 aromatic rings. The molecule has 0 atom stereocenters. The third-order valence-corrected chi connectivity index (χ3v) is 7.16. The Morgan fingerprint density at radius 1 is 1.13 bits per heavy atom. The minimum absolute atomic E-state index is 0.0467. The molecule has 0 saturated carbocycles. The molecule has 2 aromatic heterocycles. The third-order valence-electron chi connectivity index (χ3n) is 6.89. The van der Waals surface area contributed by atoms with Gasteiger partial charge in [0.25, 0.3) is 5.56 Å². The number of pyridine rings is 1. The molecule has 0 amide bonds. The van der Waals surface area contributed by atoms with E-state index in [2.05, 4.69) is 9.97 Å². The molecular formula is C25H25BClF3N4O5. The number of nitrogens with zero attached hydrogens (tertiary/aromatic N) is 4. The second-order valence-corrected chi connectivity index (χ2v) is 10.4. The first-order valence-corrected chi connectivity index (χ1v) is 12.2. The fraction of sp³-hybridized carbons (Fsp3) is 0.440. The van der Waals surface area contributed by atoms with Gasteiger partial charge in [-0.2, -0.15) is 23.4 Å². The van der Waals surface area contributed by atoms with Crippen LogP contribution in [0, 0.1) is 18.3 Å². The summed E-state index contributed by atoms with van der Waals surface area (Å²) >= 11 is 6.31. The zero-order chi connectivity index (χ0) is 28.9. The van der Waals surface area contributed by atoms with Gasteiger partial charge in [-0.15, -0.1) is 0 Å². The third kappa shape index (κ3) is 5.28. The number of aromatic nitrogens is 3. The molecule has 39 heavy (non-hydrogen) atoms. The highest BCUT2D eigenvalue weighted by molar-refractivity contribution is 6.63. The number of methoxy groups -OCH3 is 1. The monoisotopic (exact) mass is 564 g/mol. The maximum Gasteiger partial charge on any atom is 0.500 e. The highest BCUT2D eigenvalue weighted by Gasteiger charge is 2.53. The van der Waals surface area contributed by atoms with Gasteiger partial charge in [-0.1, -0.05) is 11.6 Å². The lowest BCUT2D eigenvalue weighted by atomic mass is 9.79. The number of rotatable bonds is 6. The largest absolute Gasteiger partial charge is 0.500 e. The predicted octanol–water partition coefficient (Wildman–Crippen LogP) is 4.03. The van der Waals surface area contributed by atoms with Gasteiger partial charge in [0.1, 0.15) is 23.5 Å². The summed E-state index contributed by atoms with van der Waals surface area (Å²) in [5.74, 6) is 0.348. The molecular weight excluding hydrogens is 540 g/mol. The van der Waals surface area contributed by atoms with Gasteiger partial charge < -0.3 is 18.8 Å². The van der Waals surface area contributed by atoms with Crippen LogP contribution in [0.2, 0.25) is 5.02 Å². The van der Waals surface area contributed by atoms with E-state index in [9.17, 15) is 23.2 Å². The first-order valence-electron chi connectivity index (χ1n) is 11.8. The summed E-state index contributed by atoms with van der Waals surface area (Å²) in [6.45, 7) is 8.90. The molecule has 1 fully saturated rings. The number of benzene rings is 1. The van der Waals surface area contributed by atoms with Crippen molar-refractivity contribution in [3.05, 3.63) is 50.5 Å². The van der Waals surface area contributed by atoms with Crippen LogP contribution in [-0.4, -0.2) is 46.6 Å². The quantitative estimate of drug-likeness (QED) is 0.413. The van der Waals surface area contributed by atoms with Crippen LogP contribution in [-0.2, 0) is 22.0 Å². The Hall–Kier alpha value is -3.34. The molecule has 206 valence electrons. The van der Waals surface area contributed by atoms with Crippen molar-refractivity contribution in [2.45, 2.75) is 58.5 Å². The Morgan fingerprint density at radius 3 is 2.33 bits per heavy atom. The molecule has 0 spiro atoms. The van der Waals surface area contributed by atoms with Crippen LogP contribution < -0.4 is 20.5 Å². The molecule has 9 nitrogen and oxygen atoms in total. The average Bonchev–Trinajstić information content (AvgIpc) is 3.06. The highest BCUT2D eigenvalue weighted by Crippen LogP contribution is 2.38. The van der Waals surface area contributed by atoms with Crippen molar-refractivity contribution in [2.24, 2.45) is 0 Å². The van der Waals surface area contributed by atoms with Gasteiger partial charge in [0, 0.05) is 5.46 Å². The fourth-order valence-electron chi connectivity index (χ4n) is 4.07.